The standard InChI is InChI=1S/C13H9Cl2NO3/c1-7-6-16(9-5-3-2-4-8(7)9)12(17)10(14)11(15)13(18)19/h2-6H,1H3,(H,18,19). The first-order valence-corrected chi connectivity index (χ1v) is 6.09. The molecule has 0 saturated carbocycles. The number of rotatable bonds is 2. The fourth-order valence-corrected chi connectivity index (χ4v) is 2.06. The first-order valence-electron chi connectivity index (χ1n) is 5.33. The Kier molecular flexibility index (Phi) is 3.64. The summed E-state index contributed by atoms with van der Waals surface area (Å²) >= 11 is 11.2. The summed E-state index contributed by atoms with van der Waals surface area (Å²) in [5, 5.41) is 8.42. The van der Waals surface area contributed by atoms with Crippen LogP contribution in [0.1, 0.15) is 10.4 Å². The Bertz CT molecular complexity index is 716. The normalized spacial score (nSPS) is 12.4. The van der Waals surface area contributed by atoms with E-state index in [9.17, 15) is 9.59 Å². The van der Waals surface area contributed by atoms with E-state index < -0.39 is 21.9 Å². The molecule has 1 aromatic carbocycles. The lowest BCUT2D eigenvalue weighted by Crippen LogP contribution is -2.12. The summed E-state index contributed by atoms with van der Waals surface area (Å²) in [5.41, 5.74) is 1.54. The van der Waals surface area contributed by atoms with Crippen LogP contribution in [0.4, 0.5) is 0 Å². The first kappa shape index (κ1) is 13.6. The molecule has 0 aliphatic carbocycles. The van der Waals surface area contributed by atoms with Crippen LogP contribution in [0.3, 0.4) is 0 Å². The highest BCUT2D eigenvalue weighted by Gasteiger charge is 2.20. The van der Waals surface area contributed by atoms with E-state index in [2.05, 4.69) is 0 Å². The zero-order valence-corrected chi connectivity index (χ0v) is 11.4. The molecule has 6 heteroatoms. The van der Waals surface area contributed by atoms with Gasteiger partial charge in [0.25, 0.3) is 5.91 Å². The quantitative estimate of drug-likeness (QED) is 0.865. The van der Waals surface area contributed by atoms with Gasteiger partial charge in [0.1, 0.15) is 10.1 Å². The molecule has 2 aromatic rings. The number of benzene rings is 1. The lowest BCUT2D eigenvalue weighted by molar-refractivity contribution is -0.131. The van der Waals surface area contributed by atoms with Gasteiger partial charge in [-0.2, -0.15) is 0 Å². The zero-order chi connectivity index (χ0) is 14.2. The average molecular weight is 298 g/mol. The second kappa shape index (κ2) is 5.07. The summed E-state index contributed by atoms with van der Waals surface area (Å²) in [6.45, 7) is 1.85. The summed E-state index contributed by atoms with van der Waals surface area (Å²) < 4.78 is 1.29. The van der Waals surface area contributed by atoms with Crippen molar-refractivity contribution < 1.29 is 14.7 Å². The number of carboxylic acids is 1. The predicted octanol–water partition coefficient (Wildman–Crippen LogP) is 3.36. The van der Waals surface area contributed by atoms with Crippen molar-refractivity contribution in [2.75, 3.05) is 0 Å². The number of carbonyl (C=O) groups excluding carboxylic acids is 1. The van der Waals surface area contributed by atoms with Gasteiger partial charge in [-0.3, -0.25) is 9.36 Å². The number of aromatic nitrogens is 1. The maximum atomic E-state index is 12.1. The Morgan fingerprint density at radius 1 is 1.16 bits per heavy atom. The van der Waals surface area contributed by atoms with E-state index in [0.717, 1.165) is 10.9 Å². The van der Waals surface area contributed by atoms with Gasteiger partial charge >= 0.3 is 5.97 Å². The Morgan fingerprint density at radius 3 is 2.42 bits per heavy atom. The van der Waals surface area contributed by atoms with Gasteiger partial charge < -0.3 is 5.11 Å². The zero-order valence-electron chi connectivity index (χ0n) is 9.85. The van der Waals surface area contributed by atoms with Gasteiger partial charge in [0.2, 0.25) is 0 Å². The number of nitrogens with zero attached hydrogens (tertiary/aromatic N) is 1. The molecular weight excluding hydrogens is 289 g/mol. The lowest BCUT2D eigenvalue weighted by Gasteiger charge is -2.03. The maximum absolute atomic E-state index is 12.1. The SMILES string of the molecule is Cc1cn(C(=O)C(Cl)=C(Cl)C(=O)O)c2ccccc12. The van der Waals surface area contributed by atoms with Crippen LogP contribution < -0.4 is 0 Å². The Morgan fingerprint density at radius 2 is 1.79 bits per heavy atom. The van der Waals surface area contributed by atoms with Crippen LogP contribution in [0, 0.1) is 6.92 Å². The Balaban J connectivity index is 2.60. The summed E-state index contributed by atoms with van der Waals surface area (Å²) in [5.74, 6) is -2.11. The van der Waals surface area contributed by atoms with Crippen LogP contribution in [0.5, 0.6) is 0 Å². The van der Waals surface area contributed by atoms with E-state index in [0.29, 0.717) is 5.52 Å². The second-order valence-electron chi connectivity index (χ2n) is 3.94. The van der Waals surface area contributed by atoms with Crippen molar-refractivity contribution in [3.63, 3.8) is 0 Å². The van der Waals surface area contributed by atoms with Crippen molar-refractivity contribution in [3.05, 3.63) is 46.1 Å². The third-order valence-corrected chi connectivity index (χ3v) is 3.50. The minimum absolute atomic E-state index is 0.519. The van der Waals surface area contributed by atoms with Crippen molar-refractivity contribution in [3.8, 4) is 0 Å². The number of aliphatic carboxylic acids is 1. The minimum Gasteiger partial charge on any atom is -0.477 e. The van der Waals surface area contributed by atoms with E-state index in [4.69, 9.17) is 28.3 Å². The number of para-hydroxylation sites is 1. The van der Waals surface area contributed by atoms with Gasteiger partial charge in [-0.05, 0) is 18.6 Å². The summed E-state index contributed by atoms with van der Waals surface area (Å²) in [6, 6.07) is 7.25. The molecule has 0 radical (unpaired) electrons. The van der Waals surface area contributed by atoms with E-state index in [-0.39, 0.29) is 0 Å². The highest BCUT2D eigenvalue weighted by atomic mass is 35.5. The number of hydrogen-bond acceptors (Lipinski definition) is 2. The largest absolute Gasteiger partial charge is 0.477 e. The topological polar surface area (TPSA) is 59.3 Å². The average Bonchev–Trinajstić information content (AvgIpc) is 2.74. The van der Waals surface area contributed by atoms with E-state index in [1.54, 1.807) is 18.3 Å². The molecule has 0 spiro atoms. The lowest BCUT2D eigenvalue weighted by atomic mass is 10.2. The van der Waals surface area contributed by atoms with E-state index in [1.807, 2.05) is 19.1 Å². The maximum Gasteiger partial charge on any atom is 0.349 e. The highest BCUT2D eigenvalue weighted by Crippen LogP contribution is 2.24. The van der Waals surface area contributed by atoms with Gasteiger partial charge in [0, 0.05) is 11.6 Å². The van der Waals surface area contributed by atoms with Crippen LogP contribution in [0.2, 0.25) is 0 Å². The highest BCUT2D eigenvalue weighted by molar-refractivity contribution is 6.53. The van der Waals surface area contributed by atoms with E-state index in [1.165, 1.54) is 4.57 Å². The van der Waals surface area contributed by atoms with Gasteiger partial charge in [-0.25, -0.2) is 4.79 Å². The number of hydrogen-bond donors (Lipinski definition) is 1. The molecule has 0 bridgehead atoms. The van der Waals surface area contributed by atoms with Crippen molar-refractivity contribution in [2.45, 2.75) is 6.92 Å². The molecule has 2 rings (SSSR count). The summed E-state index contributed by atoms with van der Waals surface area (Å²) in [7, 11) is 0. The predicted molar refractivity (Wildman–Crippen MR) is 73.7 cm³/mol. The molecule has 19 heavy (non-hydrogen) atoms. The van der Waals surface area contributed by atoms with Crippen LogP contribution in [-0.4, -0.2) is 21.6 Å². The molecule has 98 valence electrons. The molecule has 0 aliphatic rings. The van der Waals surface area contributed by atoms with Crippen LogP contribution in [0.25, 0.3) is 10.9 Å². The number of aryl methyl sites for hydroxylation is 1. The molecule has 0 amide bonds. The monoisotopic (exact) mass is 297 g/mol. The minimum atomic E-state index is -1.44. The third-order valence-electron chi connectivity index (χ3n) is 2.70. The van der Waals surface area contributed by atoms with Gasteiger partial charge in [-0.1, -0.05) is 41.4 Å². The van der Waals surface area contributed by atoms with Crippen LogP contribution >= 0.6 is 23.2 Å². The molecule has 0 atom stereocenters. The van der Waals surface area contributed by atoms with Crippen molar-refractivity contribution in [1.82, 2.24) is 4.57 Å². The molecule has 0 fully saturated rings. The van der Waals surface area contributed by atoms with Crippen molar-refractivity contribution in [2.24, 2.45) is 0 Å². The second-order valence-corrected chi connectivity index (χ2v) is 4.69. The Hall–Kier alpha value is -1.78. The van der Waals surface area contributed by atoms with Crippen LogP contribution in [0.15, 0.2) is 40.5 Å². The summed E-state index contributed by atoms with van der Waals surface area (Å²) in [4.78, 5) is 22.9. The fraction of sp³-hybridized carbons (Fsp3) is 0.0769. The first-order chi connectivity index (χ1) is 8.93. The molecule has 0 unspecified atom stereocenters. The molecule has 4 nitrogen and oxygen atoms in total. The number of fused-ring (bicyclic) bond motifs is 1. The Labute approximate surface area is 118 Å². The van der Waals surface area contributed by atoms with Gasteiger partial charge in [-0.15, -0.1) is 0 Å². The van der Waals surface area contributed by atoms with Crippen LogP contribution in [-0.2, 0) is 4.79 Å². The van der Waals surface area contributed by atoms with Crippen molar-refractivity contribution in [1.29, 1.82) is 0 Å². The van der Waals surface area contributed by atoms with Crippen molar-refractivity contribution >= 4 is 46.0 Å². The fourth-order valence-electron chi connectivity index (χ4n) is 1.81. The van der Waals surface area contributed by atoms with Gasteiger partial charge in [0.15, 0.2) is 0 Å². The molecule has 1 aromatic heterocycles. The number of carbonyl (C=O) groups is 2. The van der Waals surface area contributed by atoms with Gasteiger partial charge in [0.05, 0.1) is 5.52 Å². The summed E-state index contributed by atoms with van der Waals surface area (Å²) in [6.07, 6.45) is 1.60. The number of carboxylic acid groups (broad SMARTS) is 1. The molecule has 1 N–H and O–H groups in total. The number of allylic oxidation sites excluding steroid dienone is 1. The number of halogens is 2. The smallest absolute Gasteiger partial charge is 0.349 e. The molecule has 1 heterocycles. The van der Waals surface area contributed by atoms with E-state index >= 15 is 0 Å². The molecular formula is C13H9Cl2NO3. The molecule has 0 saturated heterocycles. The molecule has 0 aliphatic heterocycles. The third kappa shape index (κ3) is 2.37.